The third-order valence-corrected chi connectivity index (χ3v) is 28.6. The summed E-state index contributed by atoms with van der Waals surface area (Å²) in [5.74, 6) is -2.77. The Labute approximate surface area is 786 Å². The number of aliphatic hydroxyl groups is 2. The number of esters is 1. The van der Waals surface area contributed by atoms with Crippen LogP contribution in [-0.4, -0.2) is 139 Å². The van der Waals surface area contributed by atoms with Crippen molar-refractivity contribution in [3.05, 3.63) is 251 Å². The maximum absolute atomic E-state index is 11.5. The lowest BCUT2D eigenvalue weighted by Gasteiger charge is -2.28. The molecule has 0 spiro atoms. The summed E-state index contributed by atoms with van der Waals surface area (Å²) in [6.07, 6.45) is 36.5. The van der Waals surface area contributed by atoms with E-state index in [1.165, 1.54) is 65.5 Å². The van der Waals surface area contributed by atoms with Crippen LogP contribution in [0, 0.1) is 0 Å². The molecule has 0 bridgehead atoms. The molecule has 5 aromatic heterocycles. The summed E-state index contributed by atoms with van der Waals surface area (Å²) in [5, 5.41) is 49.8. The first kappa shape index (κ1) is 98.0. The zero-order valence-corrected chi connectivity index (χ0v) is 79.9. The van der Waals surface area contributed by atoms with Crippen LogP contribution in [0.5, 0.6) is 0 Å². The third kappa shape index (κ3) is 26.1. The van der Waals surface area contributed by atoms with E-state index in [2.05, 4.69) is 118 Å². The van der Waals surface area contributed by atoms with Crippen LogP contribution >= 0.6 is 74.4 Å². The average Bonchev–Trinajstić information content (AvgIpc) is 1.61. The minimum atomic E-state index is -0.917. The Morgan fingerprint density at radius 2 is 0.605 bits per heavy atom. The summed E-state index contributed by atoms with van der Waals surface area (Å²) < 4.78 is 37.4. The number of aliphatic carboxylic acids is 3. The number of thioether (sulfide) groups is 3. The minimum absolute atomic E-state index is 0.0429. The van der Waals surface area contributed by atoms with E-state index in [0.717, 1.165) is 222 Å². The molecule has 3 atom stereocenters. The zero-order valence-electron chi connectivity index (χ0n) is 74.3. The number of carbonyl (C=O) groups is 4. The molecule has 5 aromatic carbocycles. The molecule has 3 saturated heterocycles. The van der Waals surface area contributed by atoms with Gasteiger partial charge in [0.25, 0.3) is 0 Å². The van der Waals surface area contributed by atoms with Crippen LogP contribution in [0.1, 0.15) is 205 Å². The Morgan fingerprint density at radius 1 is 0.364 bits per heavy atom. The number of rotatable bonds is 26. The molecule has 3 unspecified atom stereocenters. The van der Waals surface area contributed by atoms with E-state index < -0.39 is 47.7 Å². The first-order chi connectivity index (χ1) is 61.5. The predicted molar refractivity (Wildman–Crippen MR) is 509 cm³/mol. The number of benzene rings is 5. The number of hydrogen-bond donors (Lipinski definition) is 5. The highest BCUT2D eigenvalue weighted by atomic mass is 79.9. The van der Waals surface area contributed by atoms with Crippen molar-refractivity contribution in [2.24, 2.45) is 0 Å². The van der Waals surface area contributed by atoms with Crippen molar-refractivity contribution >= 4 is 98.3 Å². The summed E-state index contributed by atoms with van der Waals surface area (Å²) in [4.78, 5) is 68.6. The highest BCUT2D eigenvalue weighted by Crippen LogP contribution is 2.55. The topological polar surface area (TPSA) is 298 Å². The second kappa shape index (κ2) is 42.6. The van der Waals surface area contributed by atoms with Crippen molar-refractivity contribution in [2.45, 2.75) is 258 Å². The Hall–Kier alpha value is -8.48. The van der Waals surface area contributed by atoms with Crippen LogP contribution in [0.15, 0.2) is 228 Å². The minimum Gasteiger partial charge on any atom is -0.480 e. The number of carbonyl (C=O) groups excluding carboxylic acids is 1. The lowest BCUT2D eigenvalue weighted by molar-refractivity contribution is -0.200. The average molecular weight is 1910 g/mol. The number of hydrogen-bond acceptors (Lipinski definition) is 21. The van der Waals surface area contributed by atoms with Crippen LogP contribution in [0.25, 0.3) is 55.6 Å². The standard InChI is InChI=1S/2C23H27NO4S.C19H20ClNO2.C18H19NO3S.C14H12ClNO.C5H9BrO2/c2*1-22(2,21(25)26)29-19-10-13-24-15-18(19)16-6-8-17(9-7-16)23(11-12-23)28-20-5-3-4-14-27-20;20-17-8-11-21-13-16(17)14-4-6-15(7-5-14)19(9-10-19)23-18-3-1-2-12-22-18;1-17(2,16(20)21)23-15-7-10-19-11-14(15)12-3-5-13(6-4-12)18(22)8-9-18;15-13-5-8-16-9-12(13)10-1-3-11(4-2-10)14(17)6-7-14;1-5(2,6)4(7)8-3/h2*6-10,13,15,20H,3-5,11-12,14H2,1-2H3,(H,25,26);4-8,11,13,18H,1-3,9-10,12H2;3-7,10-11,22H,8-9H2,1-2H3,(H,20,21);1-5,8-9,17H,6-7H2;1-3H3. The van der Waals surface area contributed by atoms with Gasteiger partial charge >= 0.3 is 23.9 Å². The van der Waals surface area contributed by atoms with E-state index in [1.807, 2.05) is 72.8 Å². The predicted octanol–water partition coefficient (Wildman–Crippen LogP) is 23.8. The van der Waals surface area contributed by atoms with Gasteiger partial charge in [-0.2, -0.15) is 0 Å². The molecule has 3 aliphatic heterocycles. The first-order valence-corrected chi connectivity index (χ1v) is 48.0. The van der Waals surface area contributed by atoms with Crippen LogP contribution in [0.3, 0.4) is 0 Å². The third-order valence-electron chi connectivity index (χ3n) is 23.9. The van der Waals surface area contributed by atoms with E-state index in [1.54, 1.807) is 123 Å². The summed E-state index contributed by atoms with van der Waals surface area (Å²) in [6.45, 7) is 16.1. The van der Waals surface area contributed by atoms with Gasteiger partial charge in [0.05, 0.1) is 45.2 Å². The Morgan fingerprint density at radius 3 is 0.806 bits per heavy atom. The number of pyridine rings is 5. The molecular formula is C102H114BrCl2N5O16S3. The number of alkyl halides is 1. The molecule has 682 valence electrons. The summed E-state index contributed by atoms with van der Waals surface area (Å²) >= 11 is 19.5. The highest BCUT2D eigenvalue weighted by Gasteiger charge is 2.51. The maximum atomic E-state index is 11.5. The largest absolute Gasteiger partial charge is 0.480 e. The number of aromatic nitrogens is 5. The lowest BCUT2D eigenvalue weighted by atomic mass is 10.0. The van der Waals surface area contributed by atoms with Gasteiger partial charge in [0.2, 0.25) is 0 Å². The van der Waals surface area contributed by atoms with Crippen LogP contribution in [-0.2, 0) is 80.3 Å². The van der Waals surface area contributed by atoms with Crippen molar-refractivity contribution in [2.75, 3.05) is 26.9 Å². The van der Waals surface area contributed by atoms with Crippen molar-refractivity contribution in [1.82, 2.24) is 24.9 Å². The number of ether oxygens (including phenoxy) is 7. The lowest BCUT2D eigenvalue weighted by Crippen LogP contribution is -2.27. The number of methoxy groups -OCH3 is 1. The van der Waals surface area contributed by atoms with E-state index in [-0.39, 0.29) is 41.6 Å². The van der Waals surface area contributed by atoms with Crippen molar-refractivity contribution in [3.8, 4) is 55.6 Å². The summed E-state index contributed by atoms with van der Waals surface area (Å²) in [6, 6.07) is 50.2. The summed E-state index contributed by atoms with van der Waals surface area (Å²) in [7, 11) is 1.37. The molecule has 5 N–H and O–H groups in total. The van der Waals surface area contributed by atoms with Gasteiger partial charge in [-0.1, -0.05) is 160 Å². The Kier molecular flexibility index (Phi) is 32.4. The van der Waals surface area contributed by atoms with E-state index in [4.69, 9.17) is 51.6 Å². The molecule has 8 heterocycles. The van der Waals surface area contributed by atoms with Gasteiger partial charge in [-0.05, 0) is 263 Å². The van der Waals surface area contributed by atoms with E-state index >= 15 is 0 Å². The quantitative estimate of drug-likeness (QED) is 0.0191. The Bertz CT molecular complexity index is 5310. The zero-order chi connectivity index (χ0) is 92.0. The molecule has 0 radical (unpaired) electrons. The van der Waals surface area contributed by atoms with Gasteiger partial charge in [0.15, 0.2) is 18.9 Å². The number of nitrogens with zero attached hydrogens (tertiary/aromatic N) is 5. The van der Waals surface area contributed by atoms with Crippen LogP contribution in [0.4, 0.5) is 0 Å². The fourth-order valence-corrected chi connectivity index (χ4v) is 18.7. The van der Waals surface area contributed by atoms with E-state index in [9.17, 15) is 44.7 Å². The fourth-order valence-electron chi connectivity index (χ4n) is 15.0. The highest BCUT2D eigenvalue weighted by molar-refractivity contribution is 9.10. The normalized spacial score (nSPS) is 19.3. The molecule has 18 rings (SSSR count). The molecule has 5 saturated carbocycles. The second-order valence-electron chi connectivity index (χ2n) is 35.7. The van der Waals surface area contributed by atoms with Gasteiger partial charge in [0.1, 0.15) is 18.6 Å². The molecular weight excluding hydrogens is 1800 g/mol. The molecule has 27 heteroatoms. The second-order valence-corrected chi connectivity index (χ2v) is 43.5. The van der Waals surface area contributed by atoms with Crippen molar-refractivity contribution in [3.63, 3.8) is 0 Å². The van der Waals surface area contributed by atoms with Crippen LogP contribution in [0.2, 0.25) is 10.0 Å². The van der Waals surface area contributed by atoms with Crippen LogP contribution < -0.4 is 0 Å². The smallest absolute Gasteiger partial charge is 0.322 e. The molecule has 8 fully saturated rings. The monoisotopic (exact) mass is 1910 g/mol. The van der Waals surface area contributed by atoms with Gasteiger partial charge in [0, 0.05) is 124 Å². The molecule has 10 aromatic rings. The molecule has 8 aliphatic rings. The molecule has 5 aliphatic carbocycles. The number of carboxylic acid groups (broad SMARTS) is 3. The van der Waals surface area contributed by atoms with Crippen molar-refractivity contribution in [1.29, 1.82) is 0 Å². The first-order valence-electron chi connectivity index (χ1n) is 44.0. The fraction of sp³-hybridized carbons (Fsp3) is 0.422. The van der Waals surface area contributed by atoms with Gasteiger partial charge in [-0.3, -0.25) is 44.1 Å². The summed E-state index contributed by atoms with van der Waals surface area (Å²) in [5.41, 5.74) is 13.5. The van der Waals surface area contributed by atoms with E-state index in [0.29, 0.717) is 5.02 Å². The number of halogens is 3. The Balaban J connectivity index is 0.000000136. The molecule has 21 nitrogen and oxygen atoms in total. The molecule has 129 heavy (non-hydrogen) atoms. The van der Waals surface area contributed by atoms with Gasteiger partial charge in [-0.15, -0.1) is 35.3 Å². The van der Waals surface area contributed by atoms with Gasteiger partial charge < -0.3 is 58.7 Å². The number of carboxylic acids is 3. The SMILES string of the molecule is CC(C)(Sc1ccncc1-c1ccc(C2(O)CC2)cc1)C(=O)O.CC(C)(Sc1ccncc1-c1ccc(C2(OC3CCCCO3)CC2)cc1)C(=O)O.CC(C)(Sc1ccncc1-c1ccc(C2(OC3CCCCO3)CC2)cc1)C(=O)O.COC(=O)C(C)(C)Br.Clc1ccncc1-c1ccc(C2(OC3CCCCO3)CC2)cc1.OC1(c2ccc(-c3cnccc3Cl)cc2)CC1. The van der Waals surface area contributed by atoms with Gasteiger partial charge in [-0.25, -0.2) is 0 Å². The van der Waals surface area contributed by atoms with Crippen molar-refractivity contribution < 1.29 is 77.9 Å². The maximum Gasteiger partial charge on any atom is 0.322 e. The molecule has 0 amide bonds.